The van der Waals surface area contributed by atoms with Gasteiger partial charge >= 0.3 is 0 Å². The van der Waals surface area contributed by atoms with Crippen LogP contribution in [0.1, 0.15) is 20.8 Å². The van der Waals surface area contributed by atoms with Crippen molar-refractivity contribution >= 4 is 17.7 Å². The first-order valence-corrected chi connectivity index (χ1v) is 17.0. The number of aliphatic hydroxyl groups excluding tert-OH is 12. The summed E-state index contributed by atoms with van der Waals surface area (Å²) in [5.41, 5.74) is 0. The van der Waals surface area contributed by atoms with E-state index in [1.54, 1.807) is 0 Å². The first kappa shape index (κ1) is 46.1. The van der Waals surface area contributed by atoms with Crippen molar-refractivity contribution in [1.82, 2.24) is 16.0 Å². The van der Waals surface area contributed by atoms with Gasteiger partial charge in [0.05, 0.1) is 39.1 Å². The van der Waals surface area contributed by atoms with Gasteiger partial charge in [-0.2, -0.15) is 0 Å². The maximum Gasteiger partial charge on any atom is 0.217 e. The molecule has 0 unspecified atom stereocenters. The zero-order valence-electron chi connectivity index (χ0n) is 29.5. The summed E-state index contributed by atoms with van der Waals surface area (Å²) < 4.78 is 34.3. The van der Waals surface area contributed by atoms with E-state index in [2.05, 4.69) is 16.0 Å². The van der Waals surface area contributed by atoms with Crippen LogP contribution in [0.15, 0.2) is 0 Å². The number of carbonyl (C=O) groups excluding carboxylic acids is 3. The molecule has 3 fully saturated rings. The Hall–Kier alpha value is -2.31. The first-order chi connectivity index (χ1) is 25.4. The van der Waals surface area contributed by atoms with Gasteiger partial charge in [-0.15, -0.1) is 0 Å². The van der Waals surface area contributed by atoms with E-state index in [1.807, 2.05) is 0 Å². The molecule has 0 bridgehead atoms. The van der Waals surface area contributed by atoms with Crippen LogP contribution in [0, 0.1) is 0 Å². The van der Waals surface area contributed by atoms with Crippen LogP contribution in [0.5, 0.6) is 0 Å². The SMILES string of the molecule is CC(=O)N[C@H]1[C@H](OC[C@H]2O[C@@H](O[C@@H]([C@@H](O)[C@H](O)CO)[C@H](CO)NC(C)=O)[C@H](O)[C@@H](O[C@@H]3O[C@H](CO)[C@@H](O)[C@H](O)[C@H]3NC(C)=O)[C@H]2O)O[C@H](CO)[C@@H](O)[C@@H]1O. The summed E-state index contributed by atoms with van der Waals surface area (Å²) in [6.45, 7) is -1.24. The fourth-order valence-electron chi connectivity index (χ4n) is 6.25. The highest BCUT2D eigenvalue weighted by molar-refractivity contribution is 5.74. The van der Waals surface area contributed by atoms with Crippen molar-refractivity contribution in [2.75, 3.05) is 33.0 Å². The lowest BCUT2D eigenvalue weighted by Gasteiger charge is -2.48. The van der Waals surface area contributed by atoms with E-state index in [0.717, 1.165) is 20.8 Å². The number of rotatable bonds is 17. The molecule has 0 aromatic carbocycles. The van der Waals surface area contributed by atoms with Gasteiger partial charge in [-0.3, -0.25) is 14.4 Å². The Kier molecular flexibility index (Phi) is 17.7. The number of nitrogens with one attached hydrogen (secondary N) is 3. The molecule has 0 aromatic rings. The highest BCUT2D eigenvalue weighted by Crippen LogP contribution is 2.32. The van der Waals surface area contributed by atoms with E-state index in [-0.39, 0.29) is 0 Å². The summed E-state index contributed by atoms with van der Waals surface area (Å²) in [4.78, 5) is 35.8. The van der Waals surface area contributed by atoms with E-state index in [1.165, 1.54) is 0 Å². The smallest absolute Gasteiger partial charge is 0.217 e. The third-order valence-electron chi connectivity index (χ3n) is 9.05. The summed E-state index contributed by atoms with van der Waals surface area (Å²) >= 11 is 0. The second kappa shape index (κ2) is 20.7. The number of hydrogen-bond donors (Lipinski definition) is 15. The number of hydrogen-bond acceptors (Lipinski definition) is 21. The van der Waals surface area contributed by atoms with Crippen molar-refractivity contribution < 1.29 is 104 Å². The summed E-state index contributed by atoms with van der Waals surface area (Å²) in [6, 6.07) is -4.56. The molecule has 0 aromatic heterocycles. The number of amides is 3. The van der Waals surface area contributed by atoms with E-state index in [9.17, 15) is 75.7 Å². The molecule has 0 saturated carbocycles. The van der Waals surface area contributed by atoms with E-state index >= 15 is 0 Å². The van der Waals surface area contributed by atoms with Crippen molar-refractivity contribution in [2.45, 2.75) is 137 Å². The molecule has 0 aliphatic carbocycles. The molecule has 3 aliphatic rings. The standard InChI is InChI=1S/C30H53N3O21/c1-9(38)31-12(4-34)26(19(42)13(41)5-35)53-30-25(48)27(54-29-18(33-11(3)40)24(47)21(44)15(7-37)51-29)22(45)16(52-30)8-49-28-17(32-10(2)39)23(46)20(43)14(6-36)50-28/h12-30,34-37,41-48H,4-8H2,1-3H3,(H,31,38)(H,32,39)(H,33,40)/t12-,13+,14+,15+,16+,17+,18+,19-,20+,21+,22-,23+,24+,25+,26+,27-,28+,29-,30-/m0/s1. The van der Waals surface area contributed by atoms with Gasteiger partial charge in [-0.25, -0.2) is 0 Å². The third kappa shape index (κ3) is 11.2. The molecule has 0 radical (unpaired) electrons. The van der Waals surface area contributed by atoms with Gasteiger partial charge in [0.1, 0.15) is 91.4 Å². The minimum atomic E-state index is -2.15. The Labute approximate surface area is 308 Å². The van der Waals surface area contributed by atoms with Crippen molar-refractivity contribution in [3.63, 3.8) is 0 Å². The van der Waals surface area contributed by atoms with Crippen LogP contribution < -0.4 is 16.0 Å². The minimum absolute atomic E-state index is 0.688. The van der Waals surface area contributed by atoms with Gasteiger partial charge in [0.25, 0.3) is 0 Å². The van der Waals surface area contributed by atoms with Crippen molar-refractivity contribution in [3.05, 3.63) is 0 Å². The average Bonchev–Trinajstić information content (AvgIpc) is 3.12. The second-order valence-corrected chi connectivity index (χ2v) is 13.2. The van der Waals surface area contributed by atoms with Crippen molar-refractivity contribution in [3.8, 4) is 0 Å². The van der Waals surface area contributed by atoms with Gasteiger partial charge in [-0.05, 0) is 0 Å². The van der Waals surface area contributed by atoms with Crippen molar-refractivity contribution in [1.29, 1.82) is 0 Å². The Morgan fingerprint density at radius 3 is 1.59 bits per heavy atom. The summed E-state index contributed by atoms with van der Waals surface area (Å²) in [5, 5.41) is 132. The first-order valence-electron chi connectivity index (χ1n) is 17.0. The minimum Gasteiger partial charge on any atom is -0.394 e. The topological polar surface area (TPSA) is 385 Å². The number of aliphatic hydroxyl groups is 12. The molecule has 54 heavy (non-hydrogen) atoms. The van der Waals surface area contributed by atoms with E-state index < -0.39 is 167 Å². The average molecular weight is 792 g/mol. The van der Waals surface area contributed by atoms with Gasteiger partial charge < -0.3 is 106 Å². The second-order valence-electron chi connectivity index (χ2n) is 13.2. The zero-order valence-corrected chi connectivity index (χ0v) is 29.5. The Balaban J connectivity index is 2.03. The Bertz CT molecular complexity index is 1210. The maximum absolute atomic E-state index is 12.0. The molecular formula is C30H53N3O21. The van der Waals surface area contributed by atoms with Crippen LogP contribution in [0.2, 0.25) is 0 Å². The summed E-state index contributed by atoms with van der Waals surface area (Å²) in [6.07, 6.45) is -29.2. The third-order valence-corrected chi connectivity index (χ3v) is 9.05. The lowest BCUT2D eigenvalue weighted by atomic mass is 9.95. The molecule has 19 atom stereocenters. The van der Waals surface area contributed by atoms with Crippen LogP contribution in [-0.2, 0) is 42.8 Å². The molecule has 15 N–H and O–H groups in total. The van der Waals surface area contributed by atoms with Crippen LogP contribution in [0.3, 0.4) is 0 Å². The van der Waals surface area contributed by atoms with Crippen LogP contribution in [0.4, 0.5) is 0 Å². The lowest BCUT2D eigenvalue weighted by Crippen LogP contribution is -2.68. The molecular weight excluding hydrogens is 738 g/mol. The predicted molar refractivity (Wildman–Crippen MR) is 171 cm³/mol. The largest absolute Gasteiger partial charge is 0.394 e. The zero-order chi connectivity index (χ0) is 40.6. The molecule has 24 nitrogen and oxygen atoms in total. The van der Waals surface area contributed by atoms with Gasteiger partial charge in [-0.1, -0.05) is 0 Å². The number of ether oxygens (including phenoxy) is 6. The monoisotopic (exact) mass is 791 g/mol. The molecule has 3 heterocycles. The van der Waals surface area contributed by atoms with E-state index in [4.69, 9.17) is 28.4 Å². The van der Waals surface area contributed by atoms with E-state index in [0.29, 0.717) is 0 Å². The molecule has 0 spiro atoms. The van der Waals surface area contributed by atoms with Crippen LogP contribution >= 0.6 is 0 Å². The Morgan fingerprint density at radius 2 is 1.13 bits per heavy atom. The van der Waals surface area contributed by atoms with Gasteiger partial charge in [0.2, 0.25) is 17.7 Å². The molecule has 3 amide bonds. The number of carbonyl (C=O) groups is 3. The molecule has 314 valence electrons. The molecule has 3 saturated heterocycles. The normalized spacial score (nSPS) is 39.5. The highest BCUT2D eigenvalue weighted by atomic mass is 16.7. The fraction of sp³-hybridized carbons (Fsp3) is 0.900. The predicted octanol–water partition coefficient (Wildman–Crippen LogP) is -9.68. The summed E-state index contributed by atoms with van der Waals surface area (Å²) in [5.74, 6) is -2.17. The lowest BCUT2D eigenvalue weighted by molar-refractivity contribution is -0.362. The fourth-order valence-corrected chi connectivity index (χ4v) is 6.25. The molecule has 3 aliphatic heterocycles. The van der Waals surface area contributed by atoms with Crippen LogP contribution in [-0.4, -0.2) is 228 Å². The Morgan fingerprint density at radius 1 is 0.630 bits per heavy atom. The quantitative estimate of drug-likeness (QED) is 0.0650. The van der Waals surface area contributed by atoms with Gasteiger partial charge in [0.15, 0.2) is 18.9 Å². The highest BCUT2D eigenvalue weighted by Gasteiger charge is 2.54. The van der Waals surface area contributed by atoms with Crippen molar-refractivity contribution in [2.24, 2.45) is 0 Å². The molecule has 24 heteroatoms. The maximum atomic E-state index is 12.0. The molecule has 3 rings (SSSR count). The van der Waals surface area contributed by atoms with Crippen LogP contribution in [0.25, 0.3) is 0 Å². The van der Waals surface area contributed by atoms with Gasteiger partial charge in [0, 0.05) is 20.8 Å². The summed E-state index contributed by atoms with van der Waals surface area (Å²) in [7, 11) is 0.